The van der Waals surface area contributed by atoms with Crippen molar-refractivity contribution in [2.24, 2.45) is 0 Å². The number of nitrogens with zero attached hydrogens (tertiary/aromatic N) is 2. The Labute approximate surface area is 150 Å². The van der Waals surface area contributed by atoms with Gasteiger partial charge in [-0.05, 0) is 25.1 Å². The maximum Gasteiger partial charge on any atom is 0.279 e. The van der Waals surface area contributed by atoms with E-state index in [1.807, 2.05) is 0 Å². The summed E-state index contributed by atoms with van der Waals surface area (Å²) < 4.78 is 0. The number of aromatic nitrogens is 4. The number of hydrogen-bond acceptors (Lipinski definition) is 6. The van der Waals surface area contributed by atoms with E-state index in [0.29, 0.717) is 10.7 Å². The van der Waals surface area contributed by atoms with Gasteiger partial charge >= 0.3 is 0 Å². The molecule has 0 aliphatic heterocycles. The van der Waals surface area contributed by atoms with E-state index in [1.165, 1.54) is 6.92 Å². The van der Waals surface area contributed by atoms with Gasteiger partial charge in [-0.2, -0.15) is 0 Å². The predicted octanol–water partition coefficient (Wildman–Crippen LogP) is 1.70. The fourth-order valence-electron chi connectivity index (χ4n) is 2.02. The molecule has 0 unspecified atom stereocenters. The third-order valence-electron chi connectivity index (χ3n) is 3.16. The second-order valence-electron chi connectivity index (χ2n) is 5.07. The Morgan fingerprint density at radius 2 is 2.04 bits per heavy atom. The molecule has 3 rings (SSSR count). The maximum absolute atomic E-state index is 12.0. The lowest BCUT2D eigenvalue weighted by atomic mass is 10.3. The first-order chi connectivity index (χ1) is 11.9. The number of fused-ring (bicyclic) bond motifs is 1. The van der Waals surface area contributed by atoms with Crippen molar-refractivity contribution in [1.82, 2.24) is 19.9 Å². The zero-order valence-electron chi connectivity index (χ0n) is 12.9. The van der Waals surface area contributed by atoms with Crippen molar-refractivity contribution in [2.45, 2.75) is 12.1 Å². The molecule has 128 valence electrons. The molecule has 3 aromatic rings. The number of benzene rings is 1. The van der Waals surface area contributed by atoms with Gasteiger partial charge in [0.2, 0.25) is 5.91 Å². The van der Waals surface area contributed by atoms with Crippen LogP contribution in [0.25, 0.3) is 11.2 Å². The van der Waals surface area contributed by atoms with Crippen molar-refractivity contribution in [3.63, 3.8) is 0 Å². The van der Waals surface area contributed by atoms with Crippen LogP contribution in [-0.4, -0.2) is 31.6 Å². The number of H-pyrrole nitrogens is 2. The van der Waals surface area contributed by atoms with Gasteiger partial charge in [0.05, 0.1) is 5.75 Å². The Kier molecular flexibility index (Phi) is 4.86. The first kappa shape index (κ1) is 17.2. The van der Waals surface area contributed by atoms with Crippen LogP contribution in [0.3, 0.4) is 0 Å². The molecule has 0 radical (unpaired) electrons. The third kappa shape index (κ3) is 4.06. The molecular formula is C15H12ClN5O3S. The highest BCUT2D eigenvalue weighted by molar-refractivity contribution is 7.99. The molecule has 10 heteroatoms. The van der Waals surface area contributed by atoms with E-state index in [2.05, 4.69) is 25.3 Å². The minimum atomic E-state index is -0.484. The van der Waals surface area contributed by atoms with Crippen LogP contribution in [-0.2, 0) is 4.79 Å². The minimum absolute atomic E-state index is 0.0183. The third-order valence-corrected chi connectivity index (χ3v) is 4.27. The average molecular weight is 378 g/mol. The molecular weight excluding hydrogens is 366 g/mol. The number of nitrogens with one attached hydrogen (secondary N) is 3. The molecule has 2 aromatic heterocycles. The standard InChI is InChI=1S/C15H12ClN5O3S/c1-7-13(23)19-12-11(17-7)14(24)21-15(20-12)25-6-10(22)18-9-4-2-3-8(16)5-9/h2-5H,6H2,1H3,(H,18,22)(H2,19,20,21,23,24). The van der Waals surface area contributed by atoms with Crippen molar-refractivity contribution >= 4 is 46.1 Å². The van der Waals surface area contributed by atoms with E-state index >= 15 is 0 Å². The van der Waals surface area contributed by atoms with Crippen LogP contribution in [0.1, 0.15) is 5.69 Å². The normalized spacial score (nSPS) is 10.8. The Morgan fingerprint density at radius 3 is 2.80 bits per heavy atom. The van der Waals surface area contributed by atoms with Crippen molar-refractivity contribution in [1.29, 1.82) is 0 Å². The number of thioether (sulfide) groups is 1. The summed E-state index contributed by atoms with van der Waals surface area (Å²) in [6.45, 7) is 1.50. The highest BCUT2D eigenvalue weighted by Crippen LogP contribution is 2.17. The highest BCUT2D eigenvalue weighted by atomic mass is 35.5. The first-order valence-corrected chi connectivity index (χ1v) is 8.48. The molecule has 0 aliphatic carbocycles. The largest absolute Gasteiger partial charge is 0.325 e. The van der Waals surface area contributed by atoms with E-state index in [0.717, 1.165) is 11.8 Å². The number of aryl methyl sites for hydroxylation is 1. The highest BCUT2D eigenvalue weighted by Gasteiger charge is 2.10. The van der Waals surface area contributed by atoms with Gasteiger partial charge in [-0.3, -0.25) is 19.4 Å². The van der Waals surface area contributed by atoms with Crippen LogP contribution in [0.15, 0.2) is 39.0 Å². The van der Waals surface area contributed by atoms with E-state index in [1.54, 1.807) is 24.3 Å². The molecule has 0 atom stereocenters. The summed E-state index contributed by atoms with van der Waals surface area (Å²) in [5.74, 6) is -0.268. The molecule has 0 spiro atoms. The van der Waals surface area contributed by atoms with Crippen LogP contribution in [0, 0.1) is 6.92 Å². The lowest BCUT2D eigenvalue weighted by Crippen LogP contribution is -2.20. The summed E-state index contributed by atoms with van der Waals surface area (Å²) in [6, 6.07) is 6.76. The monoisotopic (exact) mass is 377 g/mol. The Morgan fingerprint density at radius 1 is 1.24 bits per heavy atom. The van der Waals surface area contributed by atoms with Crippen molar-refractivity contribution in [3.8, 4) is 0 Å². The summed E-state index contributed by atoms with van der Waals surface area (Å²) in [5, 5.41) is 3.41. The van der Waals surface area contributed by atoms with Crippen LogP contribution < -0.4 is 16.4 Å². The van der Waals surface area contributed by atoms with Gasteiger partial charge in [-0.15, -0.1) is 0 Å². The number of carbonyl (C=O) groups excluding carboxylic acids is 1. The van der Waals surface area contributed by atoms with Gasteiger partial charge < -0.3 is 10.3 Å². The van der Waals surface area contributed by atoms with Crippen molar-refractivity contribution in [2.75, 3.05) is 11.1 Å². The summed E-state index contributed by atoms with van der Waals surface area (Å²) in [4.78, 5) is 48.7. The van der Waals surface area contributed by atoms with Crippen molar-refractivity contribution in [3.05, 3.63) is 55.7 Å². The van der Waals surface area contributed by atoms with Gasteiger partial charge in [0.25, 0.3) is 11.1 Å². The molecule has 1 amide bonds. The summed E-state index contributed by atoms with van der Waals surface area (Å²) in [5.41, 5.74) is -0.0209. The van der Waals surface area contributed by atoms with Gasteiger partial charge in [0, 0.05) is 10.7 Å². The first-order valence-electron chi connectivity index (χ1n) is 7.11. The van der Waals surface area contributed by atoms with Crippen LogP contribution in [0.5, 0.6) is 0 Å². The maximum atomic E-state index is 12.0. The van der Waals surface area contributed by atoms with Crippen LogP contribution in [0.4, 0.5) is 5.69 Å². The number of anilines is 1. The summed E-state index contributed by atoms with van der Waals surface area (Å²) in [7, 11) is 0. The van der Waals surface area contributed by atoms with E-state index in [9.17, 15) is 14.4 Å². The molecule has 0 fully saturated rings. The summed E-state index contributed by atoms with van der Waals surface area (Å²) in [6.07, 6.45) is 0. The zero-order chi connectivity index (χ0) is 18.0. The van der Waals surface area contributed by atoms with Crippen LogP contribution in [0.2, 0.25) is 5.02 Å². The minimum Gasteiger partial charge on any atom is -0.325 e. The lowest BCUT2D eigenvalue weighted by molar-refractivity contribution is -0.113. The average Bonchev–Trinajstić information content (AvgIpc) is 2.55. The van der Waals surface area contributed by atoms with E-state index in [4.69, 9.17) is 11.6 Å². The molecule has 0 saturated carbocycles. The fourth-order valence-corrected chi connectivity index (χ4v) is 2.87. The number of hydrogen-bond donors (Lipinski definition) is 3. The molecule has 3 N–H and O–H groups in total. The Balaban J connectivity index is 1.75. The van der Waals surface area contributed by atoms with Gasteiger partial charge in [0.15, 0.2) is 16.3 Å². The molecule has 0 saturated heterocycles. The fraction of sp³-hybridized carbons (Fsp3) is 0.133. The molecule has 0 bridgehead atoms. The van der Waals surface area contributed by atoms with E-state index < -0.39 is 11.1 Å². The summed E-state index contributed by atoms with van der Waals surface area (Å²) >= 11 is 6.89. The zero-order valence-corrected chi connectivity index (χ0v) is 14.5. The SMILES string of the molecule is Cc1nc2c(=O)[nH]c(SCC(=O)Nc3cccc(Cl)c3)nc2[nH]c1=O. The Hall–Kier alpha value is -2.65. The number of amides is 1. The molecule has 1 aromatic carbocycles. The molecule has 2 heterocycles. The number of halogens is 1. The quantitative estimate of drug-likeness (QED) is 0.470. The van der Waals surface area contributed by atoms with Gasteiger partial charge in [-0.25, -0.2) is 9.97 Å². The van der Waals surface area contributed by atoms with Crippen molar-refractivity contribution < 1.29 is 4.79 Å². The molecule has 8 nitrogen and oxygen atoms in total. The predicted molar refractivity (Wildman–Crippen MR) is 96.3 cm³/mol. The number of aromatic amines is 2. The topological polar surface area (TPSA) is 121 Å². The second kappa shape index (κ2) is 7.08. The molecule has 0 aliphatic rings. The number of carbonyl (C=O) groups is 1. The Bertz CT molecular complexity index is 1080. The smallest absolute Gasteiger partial charge is 0.279 e. The van der Waals surface area contributed by atoms with Gasteiger partial charge in [0.1, 0.15) is 5.69 Å². The lowest BCUT2D eigenvalue weighted by Gasteiger charge is -2.05. The number of rotatable bonds is 4. The molecule has 25 heavy (non-hydrogen) atoms. The second-order valence-corrected chi connectivity index (χ2v) is 6.47. The van der Waals surface area contributed by atoms with E-state index in [-0.39, 0.29) is 33.7 Å². The van der Waals surface area contributed by atoms with Gasteiger partial charge in [-0.1, -0.05) is 29.4 Å². The van der Waals surface area contributed by atoms with Crippen LogP contribution >= 0.6 is 23.4 Å².